The van der Waals surface area contributed by atoms with E-state index in [1.54, 1.807) is 15.9 Å². The van der Waals surface area contributed by atoms with Gasteiger partial charge in [-0.1, -0.05) is 5.57 Å². The number of carbonyl (C=O) groups excluding carboxylic acids is 2. The molecule has 0 aromatic carbocycles. The van der Waals surface area contributed by atoms with E-state index >= 15 is 0 Å². The average molecular weight is 280 g/mol. The second-order valence-corrected chi connectivity index (χ2v) is 6.13. The molecule has 1 N–H and O–H groups in total. The molecule has 2 saturated heterocycles. The van der Waals surface area contributed by atoms with Crippen molar-refractivity contribution < 1.29 is 14.7 Å². The summed E-state index contributed by atoms with van der Waals surface area (Å²) in [6, 6.07) is 0. The second kappa shape index (κ2) is 5.95. The lowest BCUT2D eigenvalue weighted by Gasteiger charge is -2.39. The van der Waals surface area contributed by atoms with E-state index in [-0.39, 0.29) is 18.4 Å². The first-order valence-electron chi connectivity index (χ1n) is 7.32. The molecule has 0 saturated carbocycles. The van der Waals surface area contributed by atoms with Gasteiger partial charge in [0.05, 0.1) is 12.0 Å². The predicted octanol–water partition coefficient (Wildman–Crippen LogP) is 0.786. The van der Waals surface area contributed by atoms with Crippen LogP contribution in [0.3, 0.4) is 0 Å². The van der Waals surface area contributed by atoms with Gasteiger partial charge in [0.15, 0.2) is 0 Å². The van der Waals surface area contributed by atoms with Gasteiger partial charge >= 0.3 is 0 Å². The minimum atomic E-state index is -0.404. The third-order valence-corrected chi connectivity index (χ3v) is 4.27. The summed E-state index contributed by atoms with van der Waals surface area (Å²) in [5, 5.41) is 9.04. The number of likely N-dealkylation sites (tertiary alicyclic amines) is 2. The molecule has 5 nitrogen and oxygen atoms in total. The van der Waals surface area contributed by atoms with E-state index < -0.39 is 5.41 Å². The first kappa shape index (κ1) is 15.0. The first-order valence-corrected chi connectivity index (χ1v) is 7.32. The summed E-state index contributed by atoms with van der Waals surface area (Å²) in [7, 11) is 0. The van der Waals surface area contributed by atoms with Crippen molar-refractivity contribution in [3.8, 4) is 0 Å². The Kier molecular flexibility index (Phi) is 4.48. The van der Waals surface area contributed by atoms with Gasteiger partial charge < -0.3 is 14.9 Å². The van der Waals surface area contributed by atoms with Gasteiger partial charge in [-0.3, -0.25) is 9.59 Å². The van der Waals surface area contributed by atoms with Crippen molar-refractivity contribution in [3.63, 3.8) is 0 Å². The minimum absolute atomic E-state index is 0.00221. The highest BCUT2D eigenvalue weighted by Crippen LogP contribution is 2.40. The Hall–Kier alpha value is -1.36. The molecule has 0 bridgehead atoms. The van der Waals surface area contributed by atoms with Gasteiger partial charge in [-0.15, -0.1) is 0 Å². The number of piperidine rings is 1. The highest BCUT2D eigenvalue weighted by molar-refractivity contribution is 5.90. The molecule has 2 aliphatic rings. The number of rotatable bonds is 3. The number of hydrogen-bond donors (Lipinski definition) is 1. The van der Waals surface area contributed by atoms with E-state index in [9.17, 15) is 9.59 Å². The largest absolute Gasteiger partial charge is 0.395 e. The zero-order valence-electron chi connectivity index (χ0n) is 12.4. The Morgan fingerprint density at radius 1 is 1.35 bits per heavy atom. The summed E-state index contributed by atoms with van der Waals surface area (Å²) in [5.74, 6) is 0.124. The van der Waals surface area contributed by atoms with Gasteiger partial charge in [-0.2, -0.15) is 0 Å². The lowest BCUT2D eigenvalue weighted by atomic mass is 9.78. The Morgan fingerprint density at radius 3 is 2.75 bits per heavy atom. The van der Waals surface area contributed by atoms with Crippen LogP contribution in [-0.4, -0.2) is 59.5 Å². The lowest BCUT2D eigenvalue weighted by molar-refractivity contribution is -0.146. The van der Waals surface area contributed by atoms with Gasteiger partial charge in [0.2, 0.25) is 11.8 Å². The third-order valence-electron chi connectivity index (χ3n) is 4.27. The molecular weight excluding hydrogens is 256 g/mol. The number of hydrogen-bond acceptors (Lipinski definition) is 3. The normalized spacial score (nSPS) is 26.2. The number of carbonyl (C=O) groups is 2. The third kappa shape index (κ3) is 2.87. The quantitative estimate of drug-likeness (QED) is 0.777. The Morgan fingerprint density at radius 2 is 2.10 bits per heavy atom. The molecule has 20 heavy (non-hydrogen) atoms. The molecule has 2 heterocycles. The zero-order valence-corrected chi connectivity index (χ0v) is 12.4. The summed E-state index contributed by atoms with van der Waals surface area (Å²) in [6.07, 6.45) is 4.19. The first-order chi connectivity index (χ1) is 9.48. The Balaban J connectivity index is 2.08. The van der Waals surface area contributed by atoms with Crippen LogP contribution in [0.15, 0.2) is 11.6 Å². The lowest BCUT2D eigenvalue weighted by Crippen LogP contribution is -2.51. The highest BCUT2D eigenvalue weighted by Gasteiger charge is 2.48. The molecular formula is C15H24N2O3. The van der Waals surface area contributed by atoms with Crippen molar-refractivity contribution in [2.45, 2.75) is 33.1 Å². The standard InChI is InChI=1S/C15H24N2O3/c1-12(2)10-13(19)17-7-5-15(11-17)4-3-6-16(8-9-18)14(15)20/h10,18H,3-9,11H2,1-2H3/t15-/m1/s1. The summed E-state index contributed by atoms with van der Waals surface area (Å²) >= 11 is 0. The van der Waals surface area contributed by atoms with E-state index in [0.29, 0.717) is 19.6 Å². The van der Waals surface area contributed by atoms with Crippen LogP contribution in [0.2, 0.25) is 0 Å². The predicted molar refractivity (Wildman–Crippen MR) is 76.0 cm³/mol. The molecule has 1 atom stereocenters. The van der Waals surface area contributed by atoms with Crippen LogP contribution < -0.4 is 0 Å². The molecule has 1 spiro atoms. The van der Waals surface area contributed by atoms with Crippen molar-refractivity contribution in [1.82, 2.24) is 9.80 Å². The SMILES string of the molecule is CC(C)=CC(=O)N1CC[C@]2(CCCN(CCO)C2=O)C1. The van der Waals surface area contributed by atoms with Crippen LogP contribution in [0.1, 0.15) is 33.1 Å². The maximum Gasteiger partial charge on any atom is 0.246 e. The van der Waals surface area contributed by atoms with Gasteiger partial charge in [0.1, 0.15) is 0 Å². The molecule has 0 aromatic heterocycles. The number of aliphatic hydroxyl groups excluding tert-OH is 1. The number of nitrogens with zero attached hydrogens (tertiary/aromatic N) is 2. The van der Waals surface area contributed by atoms with Crippen molar-refractivity contribution in [1.29, 1.82) is 0 Å². The van der Waals surface area contributed by atoms with Crippen LogP contribution >= 0.6 is 0 Å². The molecule has 2 amide bonds. The molecule has 112 valence electrons. The van der Waals surface area contributed by atoms with Crippen LogP contribution in [0.5, 0.6) is 0 Å². The number of amides is 2. The molecule has 2 rings (SSSR count). The molecule has 2 fully saturated rings. The van der Waals surface area contributed by atoms with Gasteiger partial charge in [-0.05, 0) is 33.1 Å². The van der Waals surface area contributed by atoms with E-state index in [1.165, 1.54) is 0 Å². The van der Waals surface area contributed by atoms with E-state index in [4.69, 9.17) is 5.11 Å². The molecule has 5 heteroatoms. The smallest absolute Gasteiger partial charge is 0.246 e. The molecule has 0 aromatic rings. The summed E-state index contributed by atoms with van der Waals surface area (Å²) in [6.45, 7) is 6.11. The highest BCUT2D eigenvalue weighted by atomic mass is 16.3. The van der Waals surface area contributed by atoms with E-state index in [2.05, 4.69) is 0 Å². The fourth-order valence-electron chi connectivity index (χ4n) is 3.26. The Bertz CT molecular complexity index is 427. The molecule has 2 aliphatic heterocycles. The Labute approximate surface area is 120 Å². The number of β-amino-alcohol motifs (C(OH)–C–C–N with tert-alkyl or cyclic N) is 1. The van der Waals surface area contributed by atoms with Gasteiger partial charge in [0.25, 0.3) is 0 Å². The summed E-state index contributed by atoms with van der Waals surface area (Å²) < 4.78 is 0. The second-order valence-electron chi connectivity index (χ2n) is 6.13. The van der Waals surface area contributed by atoms with Crippen LogP contribution in [0.25, 0.3) is 0 Å². The van der Waals surface area contributed by atoms with Crippen molar-refractivity contribution in [2.24, 2.45) is 5.41 Å². The van der Waals surface area contributed by atoms with E-state index in [0.717, 1.165) is 31.4 Å². The topological polar surface area (TPSA) is 60.9 Å². The maximum absolute atomic E-state index is 12.6. The monoisotopic (exact) mass is 280 g/mol. The number of aliphatic hydroxyl groups is 1. The maximum atomic E-state index is 12.6. The minimum Gasteiger partial charge on any atom is -0.395 e. The van der Waals surface area contributed by atoms with Gasteiger partial charge in [0, 0.05) is 32.3 Å². The van der Waals surface area contributed by atoms with Crippen LogP contribution in [0, 0.1) is 5.41 Å². The summed E-state index contributed by atoms with van der Waals surface area (Å²) in [5.41, 5.74) is 0.575. The van der Waals surface area contributed by atoms with Crippen LogP contribution in [0.4, 0.5) is 0 Å². The zero-order chi connectivity index (χ0) is 14.8. The van der Waals surface area contributed by atoms with Crippen molar-refractivity contribution in [3.05, 3.63) is 11.6 Å². The average Bonchev–Trinajstić information content (AvgIpc) is 2.80. The van der Waals surface area contributed by atoms with E-state index in [1.807, 2.05) is 13.8 Å². The van der Waals surface area contributed by atoms with Crippen molar-refractivity contribution in [2.75, 3.05) is 32.8 Å². The molecule has 0 unspecified atom stereocenters. The molecule has 0 aliphatic carbocycles. The fourth-order valence-corrected chi connectivity index (χ4v) is 3.26. The van der Waals surface area contributed by atoms with Gasteiger partial charge in [-0.25, -0.2) is 0 Å². The number of allylic oxidation sites excluding steroid dienone is 1. The summed E-state index contributed by atoms with van der Waals surface area (Å²) in [4.78, 5) is 28.2. The van der Waals surface area contributed by atoms with Crippen molar-refractivity contribution >= 4 is 11.8 Å². The fraction of sp³-hybridized carbons (Fsp3) is 0.733. The van der Waals surface area contributed by atoms with Crippen LogP contribution in [-0.2, 0) is 9.59 Å². The molecule has 0 radical (unpaired) electrons.